The number of benzene rings is 2. The Labute approximate surface area is 156 Å². The van der Waals surface area contributed by atoms with Crippen molar-refractivity contribution < 1.29 is 14.3 Å². The van der Waals surface area contributed by atoms with Gasteiger partial charge in [0.1, 0.15) is 0 Å². The number of nitrogens with one attached hydrogen (secondary N) is 1. The van der Waals surface area contributed by atoms with Crippen molar-refractivity contribution in [3.8, 4) is 5.75 Å². The molecule has 25 heavy (non-hydrogen) atoms. The van der Waals surface area contributed by atoms with E-state index in [1.54, 1.807) is 12.1 Å². The van der Waals surface area contributed by atoms with Gasteiger partial charge < -0.3 is 15.0 Å². The fourth-order valence-corrected chi connectivity index (χ4v) is 2.86. The number of carbonyl (C=O) groups is 2. The summed E-state index contributed by atoms with van der Waals surface area (Å²) in [6.45, 7) is 1.86. The number of rotatable bonds is 5. The molecule has 132 valence electrons. The third-order valence-corrected chi connectivity index (χ3v) is 4.07. The average molecular weight is 381 g/mol. The number of nitrogens with zero attached hydrogens (tertiary/aromatic N) is 1. The average Bonchev–Trinajstić information content (AvgIpc) is 2.55. The van der Waals surface area contributed by atoms with Gasteiger partial charge in [-0.25, -0.2) is 0 Å². The van der Waals surface area contributed by atoms with Gasteiger partial charge in [-0.15, -0.1) is 0 Å². The molecular weight excluding hydrogens is 363 g/mol. The Bertz CT molecular complexity index is 768. The van der Waals surface area contributed by atoms with E-state index in [1.807, 2.05) is 19.1 Å². The van der Waals surface area contributed by atoms with Crippen LogP contribution in [0, 0.1) is 6.92 Å². The van der Waals surface area contributed by atoms with E-state index in [0.717, 1.165) is 5.56 Å². The number of halogens is 2. The molecule has 0 radical (unpaired) electrons. The summed E-state index contributed by atoms with van der Waals surface area (Å²) in [6.07, 6.45) is 0. The molecule has 2 amide bonds. The minimum atomic E-state index is -0.370. The van der Waals surface area contributed by atoms with Crippen LogP contribution in [0.15, 0.2) is 36.4 Å². The lowest BCUT2D eigenvalue weighted by Crippen LogP contribution is -2.34. The van der Waals surface area contributed by atoms with E-state index in [9.17, 15) is 9.59 Å². The lowest BCUT2D eigenvalue weighted by molar-refractivity contribution is -0.116. The van der Waals surface area contributed by atoms with Crippen LogP contribution in [0.3, 0.4) is 0 Å². The number of aryl methyl sites for hydroxylation is 1. The molecule has 2 aromatic carbocycles. The standard InChI is InChI=1S/C18H18Cl2N2O3/c1-11-4-6-13(7-5-11)21-16(23)10-22(2)18(24)12-8-14(19)17(25-3)15(20)9-12/h4-9H,10H2,1-3H3,(H,21,23). The number of likely N-dealkylation sites (N-methyl/N-ethyl adjacent to an activating group) is 1. The predicted molar refractivity (Wildman–Crippen MR) is 99.8 cm³/mol. The van der Waals surface area contributed by atoms with Gasteiger partial charge in [-0.2, -0.15) is 0 Å². The molecule has 0 spiro atoms. The fraction of sp³-hybridized carbons (Fsp3) is 0.222. The summed E-state index contributed by atoms with van der Waals surface area (Å²) in [7, 11) is 2.97. The van der Waals surface area contributed by atoms with Crippen LogP contribution in [0.2, 0.25) is 10.0 Å². The second-order valence-corrected chi connectivity index (χ2v) is 6.36. The van der Waals surface area contributed by atoms with Gasteiger partial charge in [-0.05, 0) is 31.2 Å². The molecule has 0 heterocycles. The molecule has 0 saturated carbocycles. The number of amides is 2. The molecule has 2 aromatic rings. The van der Waals surface area contributed by atoms with Crippen molar-refractivity contribution in [1.29, 1.82) is 0 Å². The van der Waals surface area contributed by atoms with Crippen molar-refractivity contribution >= 4 is 40.7 Å². The molecule has 7 heteroatoms. The monoisotopic (exact) mass is 380 g/mol. The molecule has 0 saturated heterocycles. The Kier molecular flexibility index (Phi) is 6.28. The quantitative estimate of drug-likeness (QED) is 0.851. The summed E-state index contributed by atoms with van der Waals surface area (Å²) < 4.78 is 5.06. The summed E-state index contributed by atoms with van der Waals surface area (Å²) >= 11 is 12.1. The number of ether oxygens (including phenoxy) is 1. The number of anilines is 1. The number of carbonyl (C=O) groups excluding carboxylic acids is 2. The number of hydrogen-bond donors (Lipinski definition) is 1. The van der Waals surface area contributed by atoms with Crippen LogP contribution in [0.4, 0.5) is 5.69 Å². The Hall–Kier alpha value is -2.24. The van der Waals surface area contributed by atoms with E-state index < -0.39 is 0 Å². The van der Waals surface area contributed by atoms with Crippen molar-refractivity contribution in [2.24, 2.45) is 0 Å². The topological polar surface area (TPSA) is 58.6 Å². The van der Waals surface area contributed by atoms with Crippen LogP contribution in [0.1, 0.15) is 15.9 Å². The maximum Gasteiger partial charge on any atom is 0.254 e. The van der Waals surface area contributed by atoms with Gasteiger partial charge in [0.15, 0.2) is 5.75 Å². The third kappa shape index (κ3) is 4.87. The normalized spacial score (nSPS) is 10.3. The summed E-state index contributed by atoms with van der Waals surface area (Å²) in [6, 6.07) is 10.3. The van der Waals surface area contributed by atoms with E-state index in [1.165, 1.54) is 31.2 Å². The Morgan fingerprint density at radius 2 is 1.68 bits per heavy atom. The summed E-state index contributed by atoms with van der Waals surface area (Å²) in [4.78, 5) is 25.9. The minimum Gasteiger partial charge on any atom is -0.494 e. The van der Waals surface area contributed by atoms with Crippen LogP contribution in [-0.2, 0) is 4.79 Å². The largest absolute Gasteiger partial charge is 0.494 e. The minimum absolute atomic E-state index is 0.103. The highest BCUT2D eigenvalue weighted by Gasteiger charge is 2.18. The first kappa shape index (κ1) is 19.1. The Morgan fingerprint density at radius 3 is 2.20 bits per heavy atom. The SMILES string of the molecule is COc1c(Cl)cc(C(=O)N(C)CC(=O)Nc2ccc(C)cc2)cc1Cl. The maximum absolute atomic E-state index is 12.5. The summed E-state index contributed by atoms with van der Waals surface area (Å²) in [5.74, 6) is -0.365. The Morgan fingerprint density at radius 1 is 1.12 bits per heavy atom. The highest BCUT2D eigenvalue weighted by molar-refractivity contribution is 6.37. The van der Waals surface area contributed by atoms with E-state index in [2.05, 4.69) is 5.32 Å². The van der Waals surface area contributed by atoms with Gasteiger partial charge in [-0.3, -0.25) is 9.59 Å². The lowest BCUT2D eigenvalue weighted by atomic mass is 10.2. The summed E-state index contributed by atoms with van der Waals surface area (Å²) in [5, 5.41) is 3.21. The van der Waals surface area contributed by atoms with Crippen LogP contribution >= 0.6 is 23.2 Å². The zero-order valence-electron chi connectivity index (χ0n) is 14.1. The smallest absolute Gasteiger partial charge is 0.254 e. The molecule has 0 unspecified atom stereocenters. The first-order valence-electron chi connectivity index (χ1n) is 7.47. The zero-order valence-corrected chi connectivity index (χ0v) is 15.6. The summed E-state index contributed by atoms with van der Waals surface area (Å²) in [5.41, 5.74) is 2.05. The molecule has 0 aliphatic heterocycles. The van der Waals surface area contributed by atoms with Crippen LogP contribution < -0.4 is 10.1 Å². The second kappa shape index (κ2) is 8.23. The highest BCUT2D eigenvalue weighted by atomic mass is 35.5. The second-order valence-electron chi connectivity index (χ2n) is 5.55. The van der Waals surface area contributed by atoms with E-state index in [-0.39, 0.29) is 34.0 Å². The first-order valence-corrected chi connectivity index (χ1v) is 8.22. The molecule has 0 fully saturated rings. The molecule has 0 bridgehead atoms. The predicted octanol–water partition coefficient (Wildman–Crippen LogP) is 4.02. The third-order valence-electron chi connectivity index (χ3n) is 3.51. The zero-order chi connectivity index (χ0) is 18.6. The number of methoxy groups -OCH3 is 1. The molecule has 0 aromatic heterocycles. The van der Waals surface area contributed by atoms with Crippen molar-refractivity contribution in [3.05, 3.63) is 57.6 Å². The van der Waals surface area contributed by atoms with E-state index in [4.69, 9.17) is 27.9 Å². The van der Waals surface area contributed by atoms with E-state index >= 15 is 0 Å². The molecular formula is C18H18Cl2N2O3. The van der Waals surface area contributed by atoms with Gasteiger partial charge >= 0.3 is 0 Å². The molecule has 0 aliphatic carbocycles. The first-order chi connectivity index (χ1) is 11.8. The van der Waals surface area contributed by atoms with Crippen molar-refractivity contribution in [2.75, 3.05) is 26.0 Å². The molecule has 2 rings (SSSR count). The highest BCUT2D eigenvalue weighted by Crippen LogP contribution is 2.34. The molecule has 1 N–H and O–H groups in total. The van der Waals surface area contributed by atoms with Gasteiger partial charge in [0.25, 0.3) is 5.91 Å². The fourth-order valence-electron chi connectivity index (χ4n) is 2.22. The molecule has 5 nitrogen and oxygen atoms in total. The van der Waals surface area contributed by atoms with E-state index in [0.29, 0.717) is 11.4 Å². The van der Waals surface area contributed by atoms with Gasteiger partial charge in [-0.1, -0.05) is 40.9 Å². The van der Waals surface area contributed by atoms with Crippen LogP contribution in [0.25, 0.3) is 0 Å². The van der Waals surface area contributed by atoms with Crippen molar-refractivity contribution in [3.63, 3.8) is 0 Å². The van der Waals surface area contributed by atoms with Crippen molar-refractivity contribution in [2.45, 2.75) is 6.92 Å². The molecule has 0 atom stereocenters. The molecule has 0 aliphatic rings. The van der Waals surface area contributed by atoms with Gasteiger partial charge in [0.05, 0.1) is 23.7 Å². The van der Waals surface area contributed by atoms with Gasteiger partial charge in [0, 0.05) is 18.3 Å². The Balaban J connectivity index is 2.04. The number of hydrogen-bond acceptors (Lipinski definition) is 3. The lowest BCUT2D eigenvalue weighted by Gasteiger charge is -2.18. The van der Waals surface area contributed by atoms with Crippen LogP contribution in [-0.4, -0.2) is 37.4 Å². The van der Waals surface area contributed by atoms with Crippen LogP contribution in [0.5, 0.6) is 5.75 Å². The van der Waals surface area contributed by atoms with Crippen molar-refractivity contribution in [1.82, 2.24) is 4.90 Å². The van der Waals surface area contributed by atoms with Gasteiger partial charge in [0.2, 0.25) is 5.91 Å². The maximum atomic E-state index is 12.5.